The summed E-state index contributed by atoms with van der Waals surface area (Å²) in [7, 11) is 0. The van der Waals surface area contributed by atoms with Crippen LogP contribution in [0.1, 0.15) is 20.8 Å². The first-order valence-electron chi connectivity index (χ1n) is 5.83. The predicted octanol–water partition coefficient (Wildman–Crippen LogP) is 0.00330. The summed E-state index contributed by atoms with van der Waals surface area (Å²) in [4.78, 5) is 4.47. The zero-order chi connectivity index (χ0) is 11.7. The van der Waals surface area contributed by atoms with Crippen molar-refractivity contribution in [3.05, 3.63) is 0 Å². The lowest BCUT2D eigenvalue weighted by Gasteiger charge is -2.28. The number of likely N-dealkylation sites (N-methyl/N-ethyl adjacent to an activating group) is 1. The minimum atomic E-state index is 0.161. The van der Waals surface area contributed by atoms with Gasteiger partial charge in [-0.1, -0.05) is 6.92 Å². The molecule has 2 N–H and O–H groups in total. The fraction of sp³-hybridized carbons (Fsp3) is 1.00. The van der Waals surface area contributed by atoms with Crippen LogP contribution in [0.25, 0.3) is 0 Å². The Morgan fingerprint density at radius 2 is 1.47 bits per heavy atom. The average Bonchev–Trinajstić information content (AvgIpc) is 2.18. The lowest BCUT2D eigenvalue weighted by Crippen LogP contribution is -2.40. The largest absolute Gasteiger partial charge is 0.395 e. The first-order valence-corrected chi connectivity index (χ1v) is 5.83. The topological polar surface area (TPSA) is 46.9 Å². The van der Waals surface area contributed by atoms with Gasteiger partial charge in [0.15, 0.2) is 0 Å². The molecule has 0 rings (SSSR count). The lowest BCUT2D eigenvalue weighted by molar-refractivity contribution is 0.135. The zero-order valence-corrected chi connectivity index (χ0v) is 10.3. The molecular formula is C11H26N2O2. The van der Waals surface area contributed by atoms with Crippen molar-refractivity contribution in [1.29, 1.82) is 0 Å². The quantitative estimate of drug-likeness (QED) is 0.572. The first kappa shape index (κ1) is 14.8. The van der Waals surface area contributed by atoms with Crippen molar-refractivity contribution in [3.63, 3.8) is 0 Å². The maximum Gasteiger partial charge on any atom is 0.0558 e. The Hall–Kier alpha value is -0.160. The molecule has 0 radical (unpaired) electrons. The summed E-state index contributed by atoms with van der Waals surface area (Å²) in [6.07, 6.45) is 0. The van der Waals surface area contributed by atoms with Gasteiger partial charge in [-0.2, -0.15) is 0 Å². The number of hydrogen-bond donors (Lipinski definition) is 2. The molecule has 0 aromatic rings. The molecule has 4 heteroatoms. The highest BCUT2D eigenvalue weighted by molar-refractivity contribution is 4.65. The molecule has 0 aliphatic rings. The smallest absolute Gasteiger partial charge is 0.0558 e. The molecule has 0 aliphatic carbocycles. The van der Waals surface area contributed by atoms with Gasteiger partial charge in [-0.25, -0.2) is 0 Å². The van der Waals surface area contributed by atoms with Crippen molar-refractivity contribution in [1.82, 2.24) is 9.80 Å². The van der Waals surface area contributed by atoms with E-state index >= 15 is 0 Å². The molecule has 15 heavy (non-hydrogen) atoms. The van der Waals surface area contributed by atoms with Crippen LogP contribution in [0, 0.1) is 0 Å². The van der Waals surface area contributed by atoms with E-state index in [0.29, 0.717) is 19.1 Å². The van der Waals surface area contributed by atoms with Crippen LogP contribution < -0.4 is 0 Å². The van der Waals surface area contributed by atoms with Crippen LogP contribution in [0.5, 0.6) is 0 Å². The third kappa shape index (κ3) is 6.84. The molecule has 0 fully saturated rings. The van der Waals surface area contributed by atoms with E-state index in [1.54, 1.807) is 0 Å². The van der Waals surface area contributed by atoms with Gasteiger partial charge in [-0.15, -0.1) is 0 Å². The molecule has 0 bridgehead atoms. The molecule has 0 aliphatic heterocycles. The lowest BCUT2D eigenvalue weighted by atomic mass is 10.3. The van der Waals surface area contributed by atoms with Crippen molar-refractivity contribution in [3.8, 4) is 0 Å². The van der Waals surface area contributed by atoms with Crippen LogP contribution in [0.15, 0.2) is 0 Å². The van der Waals surface area contributed by atoms with Gasteiger partial charge in [-0.3, -0.25) is 9.80 Å². The number of aliphatic hydroxyl groups is 2. The van der Waals surface area contributed by atoms with Gasteiger partial charge < -0.3 is 10.2 Å². The van der Waals surface area contributed by atoms with Crippen LogP contribution in [0.2, 0.25) is 0 Å². The minimum Gasteiger partial charge on any atom is -0.395 e. The normalized spacial score (nSPS) is 12.0. The van der Waals surface area contributed by atoms with Gasteiger partial charge in [0, 0.05) is 32.2 Å². The van der Waals surface area contributed by atoms with E-state index in [-0.39, 0.29) is 13.2 Å². The maximum absolute atomic E-state index is 8.86. The van der Waals surface area contributed by atoms with E-state index in [2.05, 4.69) is 30.6 Å². The highest BCUT2D eigenvalue weighted by Crippen LogP contribution is 1.98. The molecule has 0 saturated carbocycles. The summed E-state index contributed by atoms with van der Waals surface area (Å²) in [6, 6.07) is 0.556. The van der Waals surface area contributed by atoms with Gasteiger partial charge in [0.05, 0.1) is 13.2 Å². The molecule has 0 spiro atoms. The van der Waals surface area contributed by atoms with E-state index in [1.807, 2.05) is 0 Å². The van der Waals surface area contributed by atoms with Crippen molar-refractivity contribution < 1.29 is 10.2 Å². The van der Waals surface area contributed by atoms with E-state index in [4.69, 9.17) is 10.2 Å². The Bertz CT molecular complexity index is 137. The third-order valence-electron chi connectivity index (χ3n) is 2.67. The molecule has 0 saturated heterocycles. The van der Waals surface area contributed by atoms with Gasteiger partial charge in [0.25, 0.3) is 0 Å². The molecule has 0 atom stereocenters. The summed E-state index contributed by atoms with van der Waals surface area (Å²) >= 11 is 0. The highest BCUT2D eigenvalue weighted by Gasteiger charge is 2.09. The van der Waals surface area contributed by atoms with Crippen molar-refractivity contribution in [2.24, 2.45) is 0 Å². The second kappa shape index (κ2) is 9.09. The van der Waals surface area contributed by atoms with E-state index < -0.39 is 0 Å². The van der Waals surface area contributed by atoms with Crippen LogP contribution in [-0.2, 0) is 0 Å². The predicted molar refractivity (Wildman–Crippen MR) is 63.0 cm³/mol. The van der Waals surface area contributed by atoms with Crippen LogP contribution >= 0.6 is 0 Å². The van der Waals surface area contributed by atoms with Crippen molar-refractivity contribution in [2.45, 2.75) is 26.8 Å². The second-order valence-corrected chi connectivity index (χ2v) is 4.01. The number of hydrogen-bond acceptors (Lipinski definition) is 4. The van der Waals surface area contributed by atoms with Crippen molar-refractivity contribution in [2.75, 3.05) is 45.9 Å². The van der Waals surface area contributed by atoms with E-state index in [9.17, 15) is 0 Å². The molecule has 0 aromatic heterocycles. The molecule has 92 valence electrons. The fourth-order valence-corrected chi connectivity index (χ4v) is 1.67. The van der Waals surface area contributed by atoms with Gasteiger partial charge in [0.2, 0.25) is 0 Å². The summed E-state index contributed by atoms with van der Waals surface area (Å²) < 4.78 is 0. The van der Waals surface area contributed by atoms with Crippen LogP contribution in [0.4, 0.5) is 0 Å². The van der Waals surface area contributed by atoms with Gasteiger partial charge >= 0.3 is 0 Å². The average molecular weight is 218 g/mol. The van der Waals surface area contributed by atoms with Crippen LogP contribution in [0.3, 0.4) is 0 Å². The molecule has 0 aromatic carbocycles. The number of rotatable bonds is 9. The Morgan fingerprint density at radius 1 is 0.933 bits per heavy atom. The maximum atomic E-state index is 8.86. The van der Waals surface area contributed by atoms with Gasteiger partial charge in [-0.05, 0) is 20.4 Å². The summed E-state index contributed by atoms with van der Waals surface area (Å²) in [5.74, 6) is 0. The standard InChI is InChI=1S/C11H26N2O2/c1-4-13(11(2)3)6-5-12(7-9-14)8-10-15/h11,14-15H,4-10H2,1-3H3. The molecule has 0 amide bonds. The first-order chi connectivity index (χ1) is 7.15. The Balaban J connectivity index is 3.84. The minimum absolute atomic E-state index is 0.161. The molecule has 0 heterocycles. The zero-order valence-electron chi connectivity index (χ0n) is 10.3. The monoisotopic (exact) mass is 218 g/mol. The molecule has 4 nitrogen and oxygen atoms in total. The Kier molecular flexibility index (Phi) is 9.00. The second-order valence-electron chi connectivity index (χ2n) is 4.01. The highest BCUT2D eigenvalue weighted by atomic mass is 16.3. The SMILES string of the molecule is CCN(CCN(CCO)CCO)C(C)C. The summed E-state index contributed by atoms with van der Waals surface area (Å²) in [5.41, 5.74) is 0. The Labute approximate surface area is 93.5 Å². The Morgan fingerprint density at radius 3 is 1.80 bits per heavy atom. The number of aliphatic hydroxyl groups excluding tert-OH is 2. The molecular weight excluding hydrogens is 192 g/mol. The summed E-state index contributed by atoms with van der Waals surface area (Å²) in [5, 5.41) is 17.7. The van der Waals surface area contributed by atoms with Gasteiger partial charge in [0.1, 0.15) is 0 Å². The fourth-order valence-electron chi connectivity index (χ4n) is 1.67. The van der Waals surface area contributed by atoms with Crippen LogP contribution in [-0.4, -0.2) is 72.0 Å². The van der Waals surface area contributed by atoms with Crippen molar-refractivity contribution >= 4 is 0 Å². The number of nitrogens with zero attached hydrogens (tertiary/aromatic N) is 2. The van der Waals surface area contributed by atoms with E-state index in [1.165, 1.54) is 0 Å². The summed E-state index contributed by atoms with van der Waals surface area (Å²) in [6.45, 7) is 11.1. The third-order valence-corrected chi connectivity index (χ3v) is 2.67. The molecule has 0 unspecified atom stereocenters. The van der Waals surface area contributed by atoms with E-state index in [0.717, 1.165) is 19.6 Å².